The molecule has 0 rings (SSSR count). The first-order chi connectivity index (χ1) is 9.24. The highest BCUT2D eigenvalue weighted by Crippen LogP contribution is 2.21. The second-order valence-corrected chi connectivity index (χ2v) is 6.79. The lowest BCUT2D eigenvalue weighted by Crippen LogP contribution is -1.84. The second-order valence-electron chi connectivity index (χ2n) is 5.40. The summed E-state index contributed by atoms with van der Waals surface area (Å²) in [5.41, 5.74) is 1.57. The van der Waals surface area contributed by atoms with Crippen LogP contribution in [-0.4, -0.2) is 0 Å². The Labute approximate surface area is 135 Å². The number of allylic oxidation sites excluding steroid dienone is 4. The molecule has 112 valence electrons. The smallest absolute Gasteiger partial charge is 0.00914 e. The summed E-state index contributed by atoms with van der Waals surface area (Å²) in [4.78, 5) is 0. The van der Waals surface area contributed by atoms with Crippen LogP contribution >= 0.6 is 22.6 Å². The fourth-order valence-electron chi connectivity index (χ4n) is 2.25. The van der Waals surface area contributed by atoms with E-state index in [-0.39, 0.29) is 0 Å². The molecule has 0 aliphatic carbocycles. The third kappa shape index (κ3) is 13.0. The molecule has 0 atom stereocenters. The Morgan fingerprint density at radius 2 is 1.37 bits per heavy atom. The average Bonchev–Trinajstić information content (AvgIpc) is 2.40. The molecule has 0 aromatic heterocycles. The van der Waals surface area contributed by atoms with Crippen LogP contribution in [0.15, 0.2) is 21.3 Å². The SMILES string of the molecule is CC/C=C(/C=C(\I)CCCCCC)CCCCCC. The van der Waals surface area contributed by atoms with E-state index in [1.165, 1.54) is 70.6 Å². The molecule has 19 heavy (non-hydrogen) atoms. The van der Waals surface area contributed by atoms with Crippen LogP contribution in [0.25, 0.3) is 0 Å². The molecule has 0 aliphatic heterocycles. The second kappa shape index (κ2) is 14.6. The van der Waals surface area contributed by atoms with Crippen LogP contribution < -0.4 is 0 Å². The number of unbranched alkanes of at least 4 members (excludes halogenated alkanes) is 6. The summed E-state index contributed by atoms with van der Waals surface area (Å²) < 4.78 is 1.55. The number of hydrogen-bond acceptors (Lipinski definition) is 0. The van der Waals surface area contributed by atoms with E-state index in [0.29, 0.717) is 0 Å². The molecule has 0 fully saturated rings. The fraction of sp³-hybridized carbons (Fsp3) is 0.778. The minimum absolute atomic E-state index is 1.17. The molecule has 0 nitrogen and oxygen atoms in total. The summed E-state index contributed by atoms with van der Waals surface area (Å²) in [5, 5.41) is 0. The quantitative estimate of drug-likeness (QED) is 0.187. The summed E-state index contributed by atoms with van der Waals surface area (Å²) in [7, 11) is 0. The lowest BCUT2D eigenvalue weighted by Gasteiger charge is -2.05. The molecule has 0 spiro atoms. The summed E-state index contributed by atoms with van der Waals surface area (Å²) in [6, 6.07) is 0. The van der Waals surface area contributed by atoms with E-state index >= 15 is 0 Å². The summed E-state index contributed by atoms with van der Waals surface area (Å²) >= 11 is 2.54. The number of rotatable bonds is 12. The predicted molar refractivity (Wildman–Crippen MR) is 98.0 cm³/mol. The maximum Gasteiger partial charge on any atom is -0.00914 e. The fourth-order valence-corrected chi connectivity index (χ4v) is 3.03. The van der Waals surface area contributed by atoms with Crippen molar-refractivity contribution < 1.29 is 0 Å². The standard InChI is InChI=1S/C18H33I/c1-4-7-9-11-14-17(13-6-3)16-18(19)15-12-10-8-5-2/h13,16H,4-12,14-15H2,1-3H3/b17-13+,18-16-. The lowest BCUT2D eigenvalue weighted by molar-refractivity contribution is 0.665. The largest absolute Gasteiger partial charge is 0.0816 e. The molecule has 0 heterocycles. The molecule has 1 heteroatoms. The molecule has 0 unspecified atom stereocenters. The van der Waals surface area contributed by atoms with Gasteiger partial charge >= 0.3 is 0 Å². The highest BCUT2D eigenvalue weighted by molar-refractivity contribution is 14.1. The molecular weight excluding hydrogens is 343 g/mol. The van der Waals surface area contributed by atoms with Crippen molar-refractivity contribution in [3.8, 4) is 0 Å². The van der Waals surface area contributed by atoms with Gasteiger partial charge in [0.1, 0.15) is 0 Å². The molecule has 0 aliphatic rings. The van der Waals surface area contributed by atoms with Gasteiger partial charge in [-0.1, -0.05) is 77.0 Å². The van der Waals surface area contributed by atoms with Gasteiger partial charge in [-0.05, 0) is 58.3 Å². The molecule has 0 saturated heterocycles. The van der Waals surface area contributed by atoms with Crippen molar-refractivity contribution >= 4 is 22.6 Å². The first-order valence-corrected chi connectivity index (χ1v) is 9.37. The zero-order valence-corrected chi connectivity index (χ0v) is 15.5. The van der Waals surface area contributed by atoms with Crippen molar-refractivity contribution in [1.82, 2.24) is 0 Å². The Kier molecular flexibility index (Phi) is 14.8. The van der Waals surface area contributed by atoms with Crippen LogP contribution in [0.5, 0.6) is 0 Å². The van der Waals surface area contributed by atoms with Crippen LogP contribution in [0.1, 0.15) is 91.4 Å². The van der Waals surface area contributed by atoms with Crippen molar-refractivity contribution in [2.45, 2.75) is 91.4 Å². The zero-order chi connectivity index (χ0) is 14.3. The Hall–Kier alpha value is 0.210. The van der Waals surface area contributed by atoms with E-state index in [0.717, 1.165) is 0 Å². The molecule has 0 radical (unpaired) electrons. The molecule has 0 N–H and O–H groups in total. The zero-order valence-electron chi connectivity index (χ0n) is 13.3. The van der Waals surface area contributed by atoms with E-state index in [9.17, 15) is 0 Å². The topological polar surface area (TPSA) is 0 Å². The molecular formula is C18H33I. The maximum absolute atomic E-state index is 2.54. The number of hydrogen-bond donors (Lipinski definition) is 0. The summed E-state index contributed by atoms with van der Waals surface area (Å²) in [5.74, 6) is 0. The van der Waals surface area contributed by atoms with E-state index in [1.54, 1.807) is 9.15 Å². The molecule has 0 aromatic carbocycles. The highest BCUT2D eigenvalue weighted by Gasteiger charge is 1.98. The van der Waals surface area contributed by atoms with Crippen LogP contribution in [0.3, 0.4) is 0 Å². The first-order valence-electron chi connectivity index (χ1n) is 8.29. The highest BCUT2D eigenvalue weighted by atomic mass is 127. The molecule has 0 amide bonds. The third-order valence-electron chi connectivity index (χ3n) is 3.40. The van der Waals surface area contributed by atoms with Gasteiger partial charge in [-0.2, -0.15) is 0 Å². The van der Waals surface area contributed by atoms with Crippen molar-refractivity contribution in [3.05, 3.63) is 21.3 Å². The van der Waals surface area contributed by atoms with Crippen LogP contribution in [-0.2, 0) is 0 Å². The van der Waals surface area contributed by atoms with Gasteiger partial charge in [-0.3, -0.25) is 0 Å². The molecule has 0 aromatic rings. The third-order valence-corrected chi connectivity index (χ3v) is 4.25. The first kappa shape index (κ1) is 19.2. The van der Waals surface area contributed by atoms with Crippen LogP contribution in [0.4, 0.5) is 0 Å². The van der Waals surface area contributed by atoms with Gasteiger partial charge in [0.05, 0.1) is 0 Å². The van der Waals surface area contributed by atoms with E-state index < -0.39 is 0 Å². The van der Waals surface area contributed by atoms with Gasteiger partial charge in [0.2, 0.25) is 0 Å². The average molecular weight is 376 g/mol. The van der Waals surface area contributed by atoms with Gasteiger partial charge in [0.15, 0.2) is 0 Å². The minimum atomic E-state index is 1.17. The van der Waals surface area contributed by atoms with Gasteiger partial charge in [-0.15, -0.1) is 0 Å². The molecule has 0 saturated carbocycles. The van der Waals surface area contributed by atoms with Crippen LogP contribution in [0.2, 0.25) is 0 Å². The van der Waals surface area contributed by atoms with Gasteiger partial charge < -0.3 is 0 Å². The van der Waals surface area contributed by atoms with E-state index in [4.69, 9.17) is 0 Å². The Morgan fingerprint density at radius 1 is 0.789 bits per heavy atom. The van der Waals surface area contributed by atoms with Crippen molar-refractivity contribution in [2.75, 3.05) is 0 Å². The van der Waals surface area contributed by atoms with E-state index in [1.807, 2.05) is 0 Å². The van der Waals surface area contributed by atoms with Gasteiger partial charge in [0.25, 0.3) is 0 Å². The van der Waals surface area contributed by atoms with Crippen molar-refractivity contribution in [1.29, 1.82) is 0 Å². The normalized spacial score (nSPS) is 13.1. The van der Waals surface area contributed by atoms with E-state index in [2.05, 4.69) is 55.5 Å². The van der Waals surface area contributed by atoms with Gasteiger partial charge in [0, 0.05) is 0 Å². The number of halogens is 1. The monoisotopic (exact) mass is 376 g/mol. The summed E-state index contributed by atoms with van der Waals surface area (Å²) in [6.45, 7) is 6.80. The predicted octanol–water partition coefficient (Wildman–Crippen LogP) is 7.58. The van der Waals surface area contributed by atoms with Gasteiger partial charge in [-0.25, -0.2) is 0 Å². The summed E-state index contributed by atoms with van der Waals surface area (Å²) in [6.07, 6.45) is 19.5. The maximum atomic E-state index is 2.54. The Morgan fingerprint density at radius 3 is 1.89 bits per heavy atom. The van der Waals surface area contributed by atoms with Crippen LogP contribution in [0, 0.1) is 0 Å². The van der Waals surface area contributed by atoms with Crippen molar-refractivity contribution in [2.24, 2.45) is 0 Å². The Bertz CT molecular complexity index is 250. The Balaban J connectivity index is 4.04. The van der Waals surface area contributed by atoms with Crippen molar-refractivity contribution in [3.63, 3.8) is 0 Å². The minimum Gasteiger partial charge on any atom is -0.0816 e. The molecule has 0 bridgehead atoms. The lowest BCUT2D eigenvalue weighted by atomic mass is 10.0.